The molecule has 5 N–H and O–H groups in total. The molecule has 0 unspecified atom stereocenters. The molecule has 150 valence electrons. The van der Waals surface area contributed by atoms with Crippen LogP contribution in [0.5, 0.6) is 0 Å². The maximum absolute atomic E-state index is 11.4. The Morgan fingerprint density at radius 1 is 0.960 bits per heavy atom. The van der Waals surface area contributed by atoms with Crippen LogP contribution in [0.3, 0.4) is 0 Å². The van der Waals surface area contributed by atoms with E-state index in [0.717, 1.165) is 19.3 Å². The molecule has 0 aliphatic heterocycles. The average Bonchev–Trinajstić information content (AvgIpc) is 2.56. The number of aliphatic hydroxyl groups excluding tert-OH is 2. The van der Waals surface area contributed by atoms with Gasteiger partial charge in [-0.15, -0.1) is 0 Å². The van der Waals surface area contributed by atoms with Gasteiger partial charge in [-0.25, -0.2) is 0 Å². The Bertz CT molecular complexity index is 439. The normalized spacial score (nSPS) is 16.2. The first-order valence-electron chi connectivity index (χ1n) is 9.50. The van der Waals surface area contributed by atoms with Crippen molar-refractivity contribution < 1.29 is 23.2 Å². The largest absolute Gasteiger partial charge is 0.395 e. The zero-order valence-corrected chi connectivity index (χ0v) is 16.3. The van der Waals surface area contributed by atoms with Crippen molar-refractivity contribution in [1.29, 1.82) is 0 Å². The van der Waals surface area contributed by atoms with E-state index >= 15 is 0 Å². The van der Waals surface area contributed by atoms with Gasteiger partial charge in [-0.3, -0.25) is 4.55 Å². The van der Waals surface area contributed by atoms with Crippen LogP contribution in [-0.4, -0.2) is 47.2 Å². The first kappa shape index (κ1) is 24.5. The van der Waals surface area contributed by atoms with Crippen LogP contribution in [0.2, 0.25) is 0 Å². The number of nitrogens with two attached hydrogens (primary N) is 1. The number of aliphatic hydroxyl groups is 2. The molecule has 0 bridgehead atoms. The molecule has 0 aromatic carbocycles. The van der Waals surface area contributed by atoms with Crippen LogP contribution >= 0.6 is 0 Å². The number of hydrogen-bond donors (Lipinski definition) is 4. The third kappa shape index (κ3) is 12.5. The van der Waals surface area contributed by atoms with Gasteiger partial charge in [0.15, 0.2) is 0 Å². The highest BCUT2D eigenvalue weighted by atomic mass is 32.2. The van der Waals surface area contributed by atoms with Gasteiger partial charge >= 0.3 is 0 Å². The fourth-order valence-corrected chi connectivity index (χ4v) is 3.65. The van der Waals surface area contributed by atoms with Crippen molar-refractivity contribution >= 4 is 10.1 Å². The van der Waals surface area contributed by atoms with Crippen LogP contribution in [0, 0.1) is 0 Å². The van der Waals surface area contributed by atoms with Crippen molar-refractivity contribution in [2.24, 2.45) is 5.73 Å². The van der Waals surface area contributed by atoms with Crippen LogP contribution in [0.25, 0.3) is 0 Å². The Morgan fingerprint density at radius 2 is 1.48 bits per heavy atom. The molecule has 0 aliphatic carbocycles. The number of allylic oxidation sites excluding steroid dienone is 2. The summed E-state index contributed by atoms with van der Waals surface area (Å²) in [5, 5.41) is 17.3. The summed E-state index contributed by atoms with van der Waals surface area (Å²) in [6.45, 7) is 1.67. The van der Waals surface area contributed by atoms with Gasteiger partial charge in [0.2, 0.25) is 0 Å². The maximum atomic E-state index is 11.4. The van der Waals surface area contributed by atoms with Gasteiger partial charge in [0, 0.05) is 0 Å². The highest BCUT2D eigenvalue weighted by Gasteiger charge is 2.33. The van der Waals surface area contributed by atoms with Gasteiger partial charge < -0.3 is 15.9 Å². The smallest absolute Gasteiger partial charge is 0.270 e. The fourth-order valence-electron chi connectivity index (χ4n) is 2.74. The summed E-state index contributed by atoms with van der Waals surface area (Å²) in [6.07, 6.45) is 14.1. The van der Waals surface area contributed by atoms with Gasteiger partial charge in [0.05, 0.1) is 18.8 Å². The second-order valence-corrected chi connectivity index (χ2v) is 8.35. The van der Waals surface area contributed by atoms with Crippen LogP contribution in [0.15, 0.2) is 12.2 Å². The summed E-state index contributed by atoms with van der Waals surface area (Å²) in [6, 6.07) is -1.10. The lowest BCUT2D eigenvalue weighted by Gasteiger charge is -2.23. The minimum atomic E-state index is -4.43. The van der Waals surface area contributed by atoms with Crippen LogP contribution in [0.1, 0.15) is 77.6 Å². The van der Waals surface area contributed by atoms with E-state index < -0.39 is 34.1 Å². The molecule has 25 heavy (non-hydrogen) atoms. The molecule has 0 heterocycles. The molecule has 0 saturated heterocycles. The van der Waals surface area contributed by atoms with E-state index in [1.54, 1.807) is 6.08 Å². The minimum absolute atomic E-state index is 0.0227. The zero-order chi connectivity index (χ0) is 19.1. The van der Waals surface area contributed by atoms with E-state index in [9.17, 15) is 18.1 Å². The molecule has 7 heteroatoms. The molecule has 0 aromatic rings. The summed E-state index contributed by atoms with van der Waals surface area (Å²) >= 11 is 0. The van der Waals surface area contributed by atoms with Crippen molar-refractivity contribution in [3.63, 3.8) is 0 Å². The molecular formula is C18H37NO5S. The van der Waals surface area contributed by atoms with Crippen molar-refractivity contribution in [2.75, 3.05) is 6.61 Å². The Labute approximate surface area is 153 Å². The Morgan fingerprint density at radius 3 is 1.96 bits per heavy atom. The molecule has 0 aromatic heterocycles. The summed E-state index contributed by atoms with van der Waals surface area (Å²) in [7, 11) is -4.43. The summed E-state index contributed by atoms with van der Waals surface area (Å²) < 4.78 is 31.9. The van der Waals surface area contributed by atoms with Gasteiger partial charge in [-0.2, -0.15) is 8.42 Å². The molecule has 0 amide bonds. The standard InChI is InChI=1S/C18H37NO5S/c1-2-3-4-5-6-7-8-9-10-11-12-13-14-17(25(22,23)24)18(21)16(19)15-20/h12-13,16-18,20-21H,2-11,14-15,19H2,1H3,(H,22,23,24)/b13-12+/t16-,17+,18-/m0/s1. The molecule has 0 radical (unpaired) electrons. The Hall–Kier alpha value is -0.470. The number of rotatable bonds is 16. The second-order valence-electron chi connectivity index (χ2n) is 6.71. The summed E-state index contributed by atoms with van der Waals surface area (Å²) in [4.78, 5) is 0. The van der Waals surface area contributed by atoms with Crippen molar-refractivity contribution in [3.8, 4) is 0 Å². The lowest BCUT2D eigenvalue weighted by Crippen LogP contribution is -2.48. The van der Waals surface area contributed by atoms with Crippen molar-refractivity contribution in [2.45, 2.75) is 94.9 Å². The number of unbranched alkanes of at least 4 members (excludes halogenated alkanes) is 9. The lowest BCUT2D eigenvalue weighted by atomic mass is 10.1. The molecule has 6 nitrogen and oxygen atoms in total. The molecule has 0 spiro atoms. The quantitative estimate of drug-likeness (QED) is 0.186. The minimum Gasteiger partial charge on any atom is -0.395 e. The maximum Gasteiger partial charge on any atom is 0.270 e. The first-order chi connectivity index (χ1) is 11.8. The highest BCUT2D eigenvalue weighted by Crippen LogP contribution is 2.14. The third-order valence-corrected chi connectivity index (χ3v) is 5.66. The molecule has 3 atom stereocenters. The Balaban J connectivity index is 3.93. The summed E-state index contributed by atoms with van der Waals surface area (Å²) in [5.41, 5.74) is 5.45. The molecule has 0 fully saturated rings. The first-order valence-corrected chi connectivity index (χ1v) is 11.0. The summed E-state index contributed by atoms with van der Waals surface area (Å²) in [5.74, 6) is 0. The van der Waals surface area contributed by atoms with Gasteiger partial charge in [-0.05, 0) is 19.3 Å². The average molecular weight is 380 g/mol. The molecule has 0 saturated carbocycles. The molecule has 0 aliphatic rings. The van der Waals surface area contributed by atoms with E-state index in [4.69, 9.17) is 10.8 Å². The molecule has 0 rings (SSSR count). The van der Waals surface area contributed by atoms with Gasteiger partial charge in [0.25, 0.3) is 10.1 Å². The predicted octanol–water partition coefficient (Wildman–Crippen LogP) is 2.79. The zero-order valence-electron chi connectivity index (χ0n) is 15.5. The molecular weight excluding hydrogens is 342 g/mol. The van der Waals surface area contributed by atoms with E-state index in [0.29, 0.717) is 0 Å². The van der Waals surface area contributed by atoms with Crippen LogP contribution < -0.4 is 5.73 Å². The number of hydrogen-bond acceptors (Lipinski definition) is 5. The topological polar surface area (TPSA) is 121 Å². The highest BCUT2D eigenvalue weighted by molar-refractivity contribution is 7.86. The van der Waals surface area contributed by atoms with Gasteiger partial charge in [-0.1, -0.05) is 70.4 Å². The van der Waals surface area contributed by atoms with Crippen molar-refractivity contribution in [1.82, 2.24) is 0 Å². The lowest BCUT2D eigenvalue weighted by molar-refractivity contribution is 0.103. The predicted molar refractivity (Wildman–Crippen MR) is 102 cm³/mol. The fraction of sp³-hybridized carbons (Fsp3) is 0.889. The van der Waals surface area contributed by atoms with Crippen LogP contribution in [-0.2, 0) is 10.1 Å². The van der Waals surface area contributed by atoms with E-state index in [1.165, 1.54) is 44.9 Å². The third-order valence-electron chi connectivity index (χ3n) is 4.42. The second kappa shape index (κ2) is 14.7. The van der Waals surface area contributed by atoms with E-state index in [1.807, 2.05) is 6.08 Å². The van der Waals surface area contributed by atoms with E-state index in [-0.39, 0.29) is 6.42 Å². The Kier molecular flexibility index (Phi) is 14.4. The SMILES string of the molecule is CCCCCCCCCCC/C=C/C[C@H]([C@@H](O)[C@@H](N)CO)S(=O)(=O)O. The van der Waals surface area contributed by atoms with Crippen molar-refractivity contribution in [3.05, 3.63) is 12.2 Å². The van der Waals surface area contributed by atoms with Gasteiger partial charge in [0.1, 0.15) is 5.25 Å². The van der Waals surface area contributed by atoms with Crippen LogP contribution in [0.4, 0.5) is 0 Å². The van der Waals surface area contributed by atoms with E-state index in [2.05, 4.69) is 6.92 Å². The monoisotopic (exact) mass is 379 g/mol.